The maximum absolute atomic E-state index is 12.3. The maximum Gasteiger partial charge on any atom is 0.257 e. The summed E-state index contributed by atoms with van der Waals surface area (Å²) in [5.74, 6) is -0.289. The molecule has 0 radical (unpaired) electrons. The number of carbonyl (C=O) groups is 1. The molecule has 0 saturated carbocycles. The standard InChI is InChI=1S/C15H10Cl2N4O/c16-10-1-3-11(4-2-10)20-15(22)13-6-5-12(7-14(13)17)21-8-18-19-9-21/h1-9H,(H,20,22). The van der Waals surface area contributed by atoms with Crippen LogP contribution in [0, 0.1) is 0 Å². The van der Waals surface area contributed by atoms with Crippen molar-refractivity contribution in [3.8, 4) is 5.69 Å². The van der Waals surface area contributed by atoms with E-state index in [9.17, 15) is 4.79 Å². The predicted octanol–water partition coefficient (Wildman–Crippen LogP) is 3.83. The van der Waals surface area contributed by atoms with E-state index in [4.69, 9.17) is 23.2 Å². The highest BCUT2D eigenvalue weighted by atomic mass is 35.5. The molecule has 0 atom stereocenters. The van der Waals surface area contributed by atoms with Gasteiger partial charge in [-0.1, -0.05) is 23.2 Å². The summed E-state index contributed by atoms with van der Waals surface area (Å²) in [6.45, 7) is 0. The van der Waals surface area contributed by atoms with Crippen LogP contribution in [0.1, 0.15) is 10.4 Å². The van der Waals surface area contributed by atoms with Gasteiger partial charge in [0, 0.05) is 16.4 Å². The largest absolute Gasteiger partial charge is 0.322 e. The molecule has 3 aromatic rings. The number of carbonyl (C=O) groups excluding carboxylic acids is 1. The van der Waals surface area contributed by atoms with Gasteiger partial charge in [0.2, 0.25) is 0 Å². The summed E-state index contributed by atoms with van der Waals surface area (Å²) in [5.41, 5.74) is 1.81. The Morgan fingerprint density at radius 2 is 1.68 bits per heavy atom. The highest BCUT2D eigenvalue weighted by molar-refractivity contribution is 6.34. The maximum atomic E-state index is 12.3. The average Bonchev–Trinajstić information content (AvgIpc) is 3.03. The number of nitrogens with one attached hydrogen (secondary N) is 1. The van der Waals surface area contributed by atoms with Gasteiger partial charge in [0.25, 0.3) is 5.91 Å². The summed E-state index contributed by atoms with van der Waals surface area (Å²) in [6, 6.07) is 12.0. The van der Waals surface area contributed by atoms with E-state index in [-0.39, 0.29) is 5.91 Å². The Kier molecular flexibility index (Phi) is 4.09. The van der Waals surface area contributed by atoms with Crippen molar-refractivity contribution in [1.82, 2.24) is 14.8 Å². The number of amides is 1. The highest BCUT2D eigenvalue weighted by Gasteiger charge is 2.12. The molecular formula is C15H10Cl2N4O. The monoisotopic (exact) mass is 332 g/mol. The first-order valence-electron chi connectivity index (χ1n) is 6.35. The number of halogens is 2. The molecule has 1 N–H and O–H groups in total. The van der Waals surface area contributed by atoms with Gasteiger partial charge in [0.05, 0.1) is 10.6 Å². The lowest BCUT2D eigenvalue weighted by Crippen LogP contribution is -2.12. The van der Waals surface area contributed by atoms with Gasteiger partial charge in [-0.15, -0.1) is 10.2 Å². The second-order valence-electron chi connectivity index (χ2n) is 4.49. The molecule has 110 valence electrons. The summed E-state index contributed by atoms with van der Waals surface area (Å²) in [4.78, 5) is 12.3. The van der Waals surface area contributed by atoms with Crippen molar-refractivity contribution in [3.05, 3.63) is 70.7 Å². The van der Waals surface area contributed by atoms with Crippen molar-refractivity contribution >= 4 is 34.8 Å². The summed E-state index contributed by atoms with van der Waals surface area (Å²) in [7, 11) is 0. The van der Waals surface area contributed by atoms with Crippen molar-refractivity contribution in [1.29, 1.82) is 0 Å². The van der Waals surface area contributed by atoms with Crippen LogP contribution < -0.4 is 5.32 Å². The van der Waals surface area contributed by atoms with Gasteiger partial charge in [0.15, 0.2) is 0 Å². The van der Waals surface area contributed by atoms with E-state index in [0.717, 1.165) is 5.69 Å². The molecule has 1 amide bonds. The minimum Gasteiger partial charge on any atom is -0.322 e. The number of nitrogens with zero attached hydrogens (tertiary/aromatic N) is 3. The van der Waals surface area contributed by atoms with E-state index in [2.05, 4.69) is 15.5 Å². The number of rotatable bonds is 3. The fourth-order valence-electron chi connectivity index (χ4n) is 1.91. The number of anilines is 1. The lowest BCUT2D eigenvalue weighted by molar-refractivity contribution is 0.102. The van der Waals surface area contributed by atoms with Gasteiger partial charge in [-0.3, -0.25) is 9.36 Å². The van der Waals surface area contributed by atoms with Crippen LogP contribution >= 0.6 is 23.2 Å². The fraction of sp³-hybridized carbons (Fsp3) is 0. The minimum absolute atomic E-state index is 0.289. The third-order valence-electron chi connectivity index (χ3n) is 3.02. The quantitative estimate of drug-likeness (QED) is 0.792. The highest BCUT2D eigenvalue weighted by Crippen LogP contribution is 2.22. The van der Waals surface area contributed by atoms with Crippen molar-refractivity contribution in [3.63, 3.8) is 0 Å². The van der Waals surface area contributed by atoms with Gasteiger partial charge in [0.1, 0.15) is 12.7 Å². The summed E-state index contributed by atoms with van der Waals surface area (Å²) >= 11 is 12.0. The Morgan fingerprint density at radius 1 is 1.00 bits per heavy atom. The van der Waals surface area contributed by atoms with E-state index in [0.29, 0.717) is 21.3 Å². The molecule has 0 aliphatic rings. The molecule has 0 bridgehead atoms. The lowest BCUT2D eigenvalue weighted by atomic mass is 10.2. The second kappa shape index (κ2) is 6.17. The second-order valence-corrected chi connectivity index (χ2v) is 5.34. The van der Waals surface area contributed by atoms with E-state index < -0.39 is 0 Å². The topological polar surface area (TPSA) is 59.8 Å². The van der Waals surface area contributed by atoms with Gasteiger partial charge in [-0.25, -0.2) is 0 Å². The number of benzene rings is 2. The summed E-state index contributed by atoms with van der Waals surface area (Å²) in [5, 5.41) is 11.2. The van der Waals surface area contributed by atoms with Crippen LogP contribution in [0.5, 0.6) is 0 Å². The molecule has 1 heterocycles. The van der Waals surface area contributed by atoms with Crippen LogP contribution in [-0.2, 0) is 0 Å². The molecule has 0 saturated heterocycles. The molecule has 0 fully saturated rings. The molecule has 0 aliphatic heterocycles. The molecule has 0 unspecified atom stereocenters. The molecule has 22 heavy (non-hydrogen) atoms. The Morgan fingerprint density at radius 3 is 2.32 bits per heavy atom. The van der Waals surface area contributed by atoms with Crippen LogP contribution in [0.15, 0.2) is 55.1 Å². The zero-order valence-electron chi connectivity index (χ0n) is 11.2. The summed E-state index contributed by atoms with van der Waals surface area (Å²) in [6.07, 6.45) is 3.11. The van der Waals surface area contributed by atoms with Crippen LogP contribution in [0.4, 0.5) is 5.69 Å². The minimum atomic E-state index is -0.289. The third-order valence-corrected chi connectivity index (χ3v) is 3.58. The van der Waals surface area contributed by atoms with Crippen molar-refractivity contribution in [2.24, 2.45) is 0 Å². The predicted molar refractivity (Wildman–Crippen MR) is 85.8 cm³/mol. The van der Waals surface area contributed by atoms with Gasteiger partial charge < -0.3 is 5.32 Å². The number of hydrogen-bond donors (Lipinski definition) is 1. The first kappa shape index (κ1) is 14.6. The van der Waals surface area contributed by atoms with Crippen LogP contribution in [0.2, 0.25) is 10.0 Å². The summed E-state index contributed by atoms with van der Waals surface area (Å²) < 4.78 is 1.70. The van der Waals surface area contributed by atoms with E-state index in [1.165, 1.54) is 0 Å². The van der Waals surface area contributed by atoms with Gasteiger partial charge >= 0.3 is 0 Å². The molecule has 3 rings (SSSR count). The van der Waals surface area contributed by atoms with E-state index in [1.807, 2.05) is 0 Å². The van der Waals surface area contributed by atoms with Gasteiger partial charge in [-0.05, 0) is 42.5 Å². The first-order valence-corrected chi connectivity index (χ1v) is 7.10. The molecular weight excluding hydrogens is 323 g/mol. The lowest BCUT2D eigenvalue weighted by Gasteiger charge is -2.08. The Labute approximate surface area is 136 Å². The fourth-order valence-corrected chi connectivity index (χ4v) is 2.30. The molecule has 1 aromatic heterocycles. The van der Waals surface area contributed by atoms with Crippen molar-refractivity contribution < 1.29 is 4.79 Å². The molecule has 2 aromatic carbocycles. The zero-order valence-corrected chi connectivity index (χ0v) is 12.7. The molecule has 0 aliphatic carbocycles. The van der Waals surface area contributed by atoms with E-state index in [1.54, 1.807) is 59.7 Å². The SMILES string of the molecule is O=C(Nc1ccc(Cl)cc1)c1ccc(-n2cnnc2)cc1Cl. The van der Waals surface area contributed by atoms with E-state index >= 15 is 0 Å². The van der Waals surface area contributed by atoms with Gasteiger partial charge in [-0.2, -0.15) is 0 Å². The Balaban J connectivity index is 1.82. The molecule has 0 spiro atoms. The first-order chi connectivity index (χ1) is 10.6. The Hall–Kier alpha value is -2.37. The zero-order chi connectivity index (χ0) is 15.5. The smallest absolute Gasteiger partial charge is 0.257 e. The number of aromatic nitrogens is 3. The average molecular weight is 333 g/mol. The third kappa shape index (κ3) is 3.10. The van der Waals surface area contributed by atoms with Crippen LogP contribution in [-0.4, -0.2) is 20.7 Å². The van der Waals surface area contributed by atoms with Crippen molar-refractivity contribution in [2.45, 2.75) is 0 Å². The molecule has 7 heteroatoms. The normalized spacial score (nSPS) is 10.5. The number of hydrogen-bond acceptors (Lipinski definition) is 3. The van der Waals surface area contributed by atoms with Crippen LogP contribution in [0.25, 0.3) is 5.69 Å². The Bertz CT molecular complexity index is 801. The van der Waals surface area contributed by atoms with Crippen LogP contribution in [0.3, 0.4) is 0 Å². The molecule has 5 nitrogen and oxygen atoms in total. The van der Waals surface area contributed by atoms with Crippen molar-refractivity contribution in [2.75, 3.05) is 5.32 Å².